The summed E-state index contributed by atoms with van der Waals surface area (Å²) in [6, 6.07) is 5.02. The van der Waals surface area contributed by atoms with Crippen LogP contribution >= 0.6 is 0 Å². The molecule has 16 heavy (non-hydrogen) atoms. The molecule has 0 aliphatic heterocycles. The Labute approximate surface area is 90.4 Å². The van der Waals surface area contributed by atoms with Crippen LogP contribution in [-0.4, -0.2) is 38.8 Å². The minimum Gasteiger partial charge on any atom is -0.479 e. The van der Waals surface area contributed by atoms with Gasteiger partial charge in [-0.25, -0.2) is 4.79 Å². The van der Waals surface area contributed by atoms with Crippen LogP contribution in [-0.2, 0) is 10.6 Å². The minimum atomic E-state index is -2.94. The van der Waals surface area contributed by atoms with Gasteiger partial charge in [0.25, 0.3) is 0 Å². The van der Waals surface area contributed by atoms with Crippen molar-refractivity contribution < 1.29 is 30.0 Å². The van der Waals surface area contributed by atoms with Gasteiger partial charge in [-0.2, -0.15) is 0 Å². The molecule has 0 saturated heterocycles. The standard InChI is InChI=1S/C10H10O6/c11-5-6-2-1-3-7(4-6)10(15,16)8(12)9(13)14/h1-5,8,12,15-16H,(H,13,14). The normalized spacial score (nSPS) is 13.2. The molecule has 1 aromatic rings. The summed E-state index contributed by atoms with van der Waals surface area (Å²) in [5.74, 6) is -4.72. The maximum absolute atomic E-state index is 10.4. The summed E-state index contributed by atoms with van der Waals surface area (Å²) in [5, 5.41) is 36.5. The summed E-state index contributed by atoms with van der Waals surface area (Å²) >= 11 is 0. The van der Waals surface area contributed by atoms with E-state index in [4.69, 9.17) is 10.2 Å². The Morgan fingerprint density at radius 1 is 1.38 bits per heavy atom. The second kappa shape index (κ2) is 4.40. The first-order valence-corrected chi connectivity index (χ1v) is 4.31. The van der Waals surface area contributed by atoms with Crippen molar-refractivity contribution in [2.75, 3.05) is 0 Å². The van der Waals surface area contributed by atoms with Gasteiger partial charge >= 0.3 is 5.97 Å². The number of carbonyl (C=O) groups excluding carboxylic acids is 1. The molecule has 0 amide bonds. The smallest absolute Gasteiger partial charge is 0.338 e. The summed E-state index contributed by atoms with van der Waals surface area (Å²) in [6.07, 6.45) is -1.93. The third kappa shape index (κ3) is 2.25. The predicted octanol–water partition coefficient (Wildman–Crippen LogP) is -0.918. The number of aliphatic carboxylic acids is 1. The van der Waals surface area contributed by atoms with Crippen molar-refractivity contribution in [2.24, 2.45) is 0 Å². The van der Waals surface area contributed by atoms with Crippen molar-refractivity contribution in [2.45, 2.75) is 11.9 Å². The molecule has 0 aliphatic carbocycles. The fourth-order valence-electron chi connectivity index (χ4n) is 1.17. The van der Waals surface area contributed by atoms with Crippen LogP contribution in [0.25, 0.3) is 0 Å². The maximum Gasteiger partial charge on any atom is 0.338 e. The van der Waals surface area contributed by atoms with E-state index >= 15 is 0 Å². The molecule has 1 aromatic carbocycles. The number of benzene rings is 1. The number of aldehydes is 1. The van der Waals surface area contributed by atoms with Crippen molar-refractivity contribution in [1.82, 2.24) is 0 Å². The van der Waals surface area contributed by atoms with Crippen LogP contribution in [0.15, 0.2) is 24.3 Å². The molecule has 0 spiro atoms. The average molecular weight is 226 g/mol. The first kappa shape index (κ1) is 12.3. The Morgan fingerprint density at radius 3 is 2.50 bits per heavy atom. The Balaban J connectivity index is 3.15. The lowest BCUT2D eigenvalue weighted by Crippen LogP contribution is -2.44. The number of hydrogen-bond acceptors (Lipinski definition) is 5. The zero-order valence-corrected chi connectivity index (χ0v) is 8.07. The lowest BCUT2D eigenvalue weighted by molar-refractivity contribution is -0.237. The van der Waals surface area contributed by atoms with Crippen LogP contribution in [0.1, 0.15) is 15.9 Å². The topological polar surface area (TPSA) is 115 Å². The Kier molecular flexibility index (Phi) is 3.38. The van der Waals surface area contributed by atoms with Gasteiger partial charge in [-0.3, -0.25) is 4.79 Å². The van der Waals surface area contributed by atoms with Crippen molar-refractivity contribution >= 4 is 12.3 Å². The largest absolute Gasteiger partial charge is 0.479 e. The predicted molar refractivity (Wildman–Crippen MR) is 51.6 cm³/mol. The summed E-state index contributed by atoms with van der Waals surface area (Å²) in [6.45, 7) is 0. The molecule has 1 unspecified atom stereocenters. The first-order valence-electron chi connectivity index (χ1n) is 4.31. The van der Waals surface area contributed by atoms with E-state index in [0.717, 1.165) is 6.07 Å². The van der Waals surface area contributed by atoms with Gasteiger partial charge in [0, 0.05) is 11.1 Å². The van der Waals surface area contributed by atoms with Gasteiger partial charge in [-0.1, -0.05) is 18.2 Å². The highest BCUT2D eigenvalue weighted by Crippen LogP contribution is 2.22. The van der Waals surface area contributed by atoms with E-state index < -0.39 is 17.9 Å². The maximum atomic E-state index is 10.4. The molecule has 86 valence electrons. The monoisotopic (exact) mass is 226 g/mol. The van der Waals surface area contributed by atoms with Crippen molar-refractivity contribution in [3.8, 4) is 0 Å². The van der Waals surface area contributed by atoms with Crippen LogP contribution in [0.4, 0.5) is 0 Å². The lowest BCUT2D eigenvalue weighted by atomic mass is 9.98. The van der Waals surface area contributed by atoms with Crippen LogP contribution in [0.5, 0.6) is 0 Å². The number of carboxylic acid groups (broad SMARTS) is 1. The first-order chi connectivity index (χ1) is 7.39. The third-order valence-corrected chi connectivity index (χ3v) is 2.06. The molecule has 0 radical (unpaired) electrons. The highest BCUT2D eigenvalue weighted by atomic mass is 16.5. The zero-order chi connectivity index (χ0) is 12.3. The van der Waals surface area contributed by atoms with E-state index in [0.29, 0.717) is 6.29 Å². The molecule has 0 heterocycles. The molecule has 0 aliphatic rings. The summed E-state index contributed by atoms with van der Waals surface area (Å²) in [5.41, 5.74) is -0.130. The molecule has 4 N–H and O–H groups in total. The summed E-state index contributed by atoms with van der Waals surface area (Å²) in [7, 11) is 0. The van der Waals surface area contributed by atoms with Gasteiger partial charge in [0.2, 0.25) is 11.9 Å². The highest BCUT2D eigenvalue weighted by Gasteiger charge is 2.40. The van der Waals surface area contributed by atoms with Crippen LogP contribution in [0.2, 0.25) is 0 Å². The molecule has 6 nitrogen and oxygen atoms in total. The fraction of sp³-hybridized carbons (Fsp3) is 0.200. The molecule has 0 saturated carbocycles. The molecule has 0 fully saturated rings. The highest BCUT2D eigenvalue weighted by molar-refractivity contribution is 5.76. The molecular formula is C10H10O6. The van der Waals surface area contributed by atoms with Gasteiger partial charge in [-0.15, -0.1) is 0 Å². The number of carbonyl (C=O) groups is 2. The number of aliphatic hydroxyl groups excluding tert-OH is 1. The fourth-order valence-corrected chi connectivity index (χ4v) is 1.17. The van der Waals surface area contributed by atoms with E-state index in [1.54, 1.807) is 0 Å². The quantitative estimate of drug-likeness (QED) is 0.390. The second-order valence-corrected chi connectivity index (χ2v) is 3.21. The summed E-state index contributed by atoms with van der Waals surface area (Å²) in [4.78, 5) is 20.9. The van der Waals surface area contributed by atoms with E-state index in [9.17, 15) is 19.8 Å². The molecular weight excluding hydrogens is 216 g/mol. The second-order valence-electron chi connectivity index (χ2n) is 3.21. The molecule has 0 aromatic heterocycles. The van der Waals surface area contributed by atoms with E-state index in [2.05, 4.69) is 0 Å². The van der Waals surface area contributed by atoms with Gasteiger partial charge in [0.1, 0.15) is 6.29 Å². The van der Waals surface area contributed by atoms with E-state index in [-0.39, 0.29) is 11.1 Å². The minimum absolute atomic E-state index is 0.141. The van der Waals surface area contributed by atoms with E-state index in [1.165, 1.54) is 18.2 Å². The van der Waals surface area contributed by atoms with Crippen LogP contribution in [0, 0.1) is 0 Å². The van der Waals surface area contributed by atoms with Gasteiger partial charge in [-0.05, 0) is 6.07 Å². The average Bonchev–Trinajstić information content (AvgIpc) is 2.27. The van der Waals surface area contributed by atoms with Crippen LogP contribution in [0.3, 0.4) is 0 Å². The Morgan fingerprint density at radius 2 is 2.00 bits per heavy atom. The van der Waals surface area contributed by atoms with Crippen molar-refractivity contribution in [3.63, 3.8) is 0 Å². The molecule has 1 rings (SSSR count). The molecule has 6 heteroatoms. The Hall–Kier alpha value is -1.76. The van der Waals surface area contributed by atoms with Crippen molar-refractivity contribution in [1.29, 1.82) is 0 Å². The van der Waals surface area contributed by atoms with Gasteiger partial charge in [0.15, 0.2) is 0 Å². The van der Waals surface area contributed by atoms with Crippen molar-refractivity contribution in [3.05, 3.63) is 35.4 Å². The van der Waals surface area contributed by atoms with Gasteiger partial charge < -0.3 is 20.4 Å². The number of aliphatic hydroxyl groups is 3. The summed E-state index contributed by atoms with van der Waals surface area (Å²) < 4.78 is 0. The van der Waals surface area contributed by atoms with Gasteiger partial charge in [0.05, 0.1) is 0 Å². The number of hydrogen-bond donors (Lipinski definition) is 4. The van der Waals surface area contributed by atoms with E-state index in [1.807, 2.05) is 0 Å². The lowest BCUT2D eigenvalue weighted by Gasteiger charge is -2.24. The third-order valence-electron chi connectivity index (χ3n) is 2.06. The zero-order valence-electron chi connectivity index (χ0n) is 8.07. The SMILES string of the molecule is O=Cc1cccc(C(O)(O)C(O)C(=O)O)c1. The number of rotatable bonds is 4. The van der Waals surface area contributed by atoms with Crippen LogP contribution < -0.4 is 0 Å². The Bertz CT molecular complexity index is 412. The molecule has 1 atom stereocenters. The number of carboxylic acids is 1. The molecule has 0 bridgehead atoms.